The minimum atomic E-state index is -4.48. The van der Waals surface area contributed by atoms with Gasteiger partial charge in [0.2, 0.25) is 5.69 Å². The van der Waals surface area contributed by atoms with Crippen molar-refractivity contribution in [2.45, 2.75) is 26.1 Å². The van der Waals surface area contributed by atoms with Gasteiger partial charge in [0, 0.05) is 0 Å². The number of alkyl halides is 3. The number of carbonyl (C=O) groups excluding carboxylic acids is 1. The van der Waals surface area contributed by atoms with E-state index in [1.807, 2.05) is 13.8 Å². The Balaban J connectivity index is 2.19. The molecule has 6 nitrogen and oxygen atoms in total. The highest BCUT2D eigenvalue weighted by molar-refractivity contribution is 5.90. The van der Waals surface area contributed by atoms with Crippen molar-refractivity contribution in [3.8, 4) is 11.4 Å². The summed E-state index contributed by atoms with van der Waals surface area (Å²) in [6.07, 6.45) is -3.16. The zero-order valence-electron chi connectivity index (χ0n) is 14.5. The number of methoxy groups -OCH3 is 1. The topological polar surface area (TPSA) is 62.6 Å². The minimum absolute atomic E-state index is 0.00311. The second-order valence-corrected chi connectivity index (χ2v) is 5.59. The average molecular weight is 372 g/mol. The first-order chi connectivity index (χ1) is 12.2. The van der Waals surface area contributed by atoms with E-state index in [4.69, 9.17) is 14.2 Å². The number of aromatic nitrogens is 2. The molecule has 0 aliphatic heterocycles. The van der Waals surface area contributed by atoms with Crippen molar-refractivity contribution in [3.63, 3.8) is 0 Å². The van der Waals surface area contributed by atoms with E-state index >= 15 is 0 Å². The van der Waals surface area contributed by atoms with Crippen molar-refractivity contribution >= 4 is 5.97 Å². The van der Waals surface area contributed by atoms with Crippen molar-refractivity contribution in [2.24, 2.45) is 0 Å². The number of halogens is 3. The first-order valence-electron chi connectivity index (χ1n) is 7.82. The molecule has 0 N–H and O–H groups in total. The summed E-state index contributed by atoms with van der Waals surface area (Å²) in [4.78, 5) is 12.1. The van der Waals surface area contributed by atoms with Crippen molar-refractivity contribution in [1.82, 2.24) is 9.78 Å². The number of ether oxygens (including phenoxy) is 3. The molecule has 142 valence electrons. The molecule has 0 radical (unpaired) electrons. The molecule has 26 heavy (non-hydrogen) atoms. The molecule has 0 fully saturated rings. The standard InChI is InChI=1S/C17H19F3N2O4/c1-11(2)25-7-8-26-16(23)15-14(24-3)10-22(21-15)13-6-4-5-12(9-13)17(18,19)20/h4-6,9-11H,7-8H2,1-3H3. The van der Waals surface area contributed by atoms with Crippen LogP contribution in [0.2, 0.25) is 0 Å². The number of nitrogens with zero attached hydrogens (tertiary/aromatic N) is 2. The fourth-order valence-electron chi connectivity index (χ4n) is 2.09. The van der Waals surface area contributed by atoms with Gasteiger partial charge >= 0.3 is 12.1 Å². The Morgan fingerprint density at radius 3 is 2.62 bits per heavy atom. The van der Waals surface area contributed by atoms with Crippen LogP contribution in [0.1, 0.15) is 29.9 Å². The summed E-state index contributed by atoms with van der Waals surface area (Å²) >= 11 is 0. The van der Waals surface area contributed by atoms with Crippen LogP contribution in [-0.4, -0.2) is 42.2 Å². The Morgan fingerprint density at radius 1 is 1.27 bits per heavy atom. The van der Waals surface area contributed by atoms with Crippen LogP contribution in [-0.2, 0) is 15.7 Å². The Labute approximate surface area is 148 Å². The molecule has 0 aliphatic carbocycles. The molecule has 0 spiro atoms. The predicted molar refractivity (Wildman–Crippen MR) is 86.5 cm³/mol. The van der Waals surface area contributed by atoms with E-state index in [1.165, 1.54) is 25.4 Å². The van der Waals surface area contributed by atoms with Gasteiger partial charge in [0.05, 0.1) is 37.3 Å². The van der Waals surface area contributed by atoms with Crippen molar-refractivity contribution < 1.29 is 32.2 Å². The maximum atomic E-state index is 12.9. The van der Waals surface area contributed by atoms with Gasteiger partial charge in [-0.25, -0.2) is 9.48 Å². The van der Waals surface area contributed by atoms with Crippen LogP contribution in [0.15, 0.2) is 30.5 Å². The fraction of sp³-hybridized carbons (Fsp3) is 0.412. The van der Waals surface area contributed by atoms with Crippen LogP contribution in [0.3, 0.4) is 0 Å². The quantitative estimate of drug-likeness (QED) is 0.550. The summed E-state index contributed by atoms with van der Waals surface area (Å²) in [7, 11) is 1.33. The van der Waals surface area contributed by atoms with E-state index in [9.17, 15) is 18.0 Å². The Kier molecular flexibility index (Phi) is 6.25. The number of esters is 1. The Hall–Kier alpha value is -2.55. The summed E-state index contributed by atoms with van der Waals surface area (Å²) in [5.41, 5.74) is -0.811. The number of benzene rings is 1. The van der Waals surface area contributed by atoms with E-state index in [0.29, 0.717) is 0 Å². The molecule has 0 saturated carbocycles. The molecule has 9 heteroatoms. The Bertz CT molecular complexity index is 757. The minimum Gasteiger partial charge on any atom is -0.493 e. The van der Waals surface area contributed by atoms with Crippen LogP contribution in [0.25, 0.3) is 5.69 Å². The van der Waals surface area contributed by atoms with Crippen molar-refractivity contribution in [3.05, 3.63) is 41.7 Å². The monoisotopic (exact) mass is 372 g/mol. The number of hydrogen-bond acceptors (Lipinski definition) is 5. The lowest BCUT2D eigenvalue weighted by atomic mass is 10.2. The molecule has 0 atom stereocenters. The van der Waals surface area contributed by atoms with Gasteiger partial charge in [0.1, 0.15) is 6.61 Å². The summed E-state index contributed by atoms with van der Waals surface area (Å²) in [6, 6.07) is 4.58. The van der Waals surface area contributed by atoms with Crippen molar-refractivity contribution in [1.29, 1.82) is 0 Å². The van der Waals surface area contributed by atoms with E-state index in [0.717, 1.165) is 16.8 Å². The lowest BCUT2D eigenvalue weighted by molar-refractivity contribution is -0.137. The predicted octanol–water partition coefficient (Wildman–Crippen LogP) is 3.48. The van der Waals surface area contributed by atoms with Crippen LogP contribution in [0, 0.1) is 0 Å². The average Bonchev–Trinajstić information content (AvgIpc) is 3.02. The molecule has 0 aliphatic rings. The zero-order valence-corrected chi connectivity index (χ0v) is 14.5. The molecule has 2 aromatic rings. The zero-order chi connectivity index (χ0) is 19.3. The largest absolute Gasteiger partial charge is 0.493 e. The van der Waals surface area contributed by atoms with Gasteiger partial charge in [0.15, 0.2) is 5.75 Å². The highest BCUT2D eigenvalue weighted by Crippen LogP contribution is 2.30. The van der Waals surface area contributed by atoms with Gasteiger partial charge in [-0.1, -0.05) is 6.07 Å². The van der Waals surface area contributed by atoms with Gasteiger partial charge in [-0.3, -0.25) is 0 Å². The third-order valence-corrected chi connectivity index (χ3v) is 3.30. The van der Waals surface area contributed by atoms with Gasteiger partial charge in [-0.2, -0.15) is 18.3 Å². The molecule has 2 rings (SSSR count). The van der Waals surface area contributed by atoms with Crippen LogP contribution >= 0.6 is 0 Å². The first kappa shape index (κ1) is 19.8. The highest BCUT2D eigenvalue weighted by Gasteiger charge is 2.30. The summed E-state index contributed by atoms with van der Waals surface area (Å²) in [5, 5.41) is 4.00. The summed E-state index contributed by atoms with van der Waals surface area (Å²) in [6.45, 7) is 3.94. The smallest absolute Gasteiger partial charge is 0.416 e. The normalized spacial score (nSPS) is 11.7. The number of rotatable bonds is 7. The Morgan fingerprint density at radius 2 is 2.00 bits per heavy atom. The van der Waals surface area contributed by atoms with Gasteiger partial charge < -0.3 is 14.2 Å². The molecule has 1 aromatic heterocycles. The third-order valence-electron chi connectivity index (χ3n) is 3.30. The molecule has 0 amide bonds. The second kappa shape index (κ2) is 8.22. The SMILES string of the molecule is COc1cn(-c2cccc(C(F)(F)F)c2)nc1C(=O)OCCOC(C)C. The lowest BCUT2D eigenvalue weighted by Crippen LogP contribution is -2.14. The summed E-state index contributed by atoms with van der Waals surface area (Å²) < 4.78 is 55.1. The van der Waals surface area contributed by atoms with E-state index in [-0.39, 0.29) is 36.4 Å². The van der Waals surface area contributed by atoms with Crippen LogP contribution in [0.4, 0.5) is 13.2 Å². The number of hydrogen-bond donors (Lipinski definition) is 0. The second-order valence-electron chi connectivity index (χ2n) is 5.59. The maximum absolute atomic E-state index is 12.9. The fourth-order valence-corrected chi connectivity index (χ4v) is 2.09. The first-order valence-corrected chi connectivity index (χ1v) is 7.82. The highest BCUT2D eigenvalue weighted by atomic mass is 19.4. The molecule has 0 unspecified atom stereocenters. The molecule has 0 bridgehead atoms. The van der Waals surface area contributed by atoms with Gasteiger partial charge in [-0.05, 0) is 32.0 Å². The molecular formula is C17H19F3N2O4. The molecular weight excluding hydrogens is 353 g/mol. The third kappa shape index (κ3) is 4.98. The van der Waals surface area contributed by atoms with Crippen LogP contribution < -0.4 is 4.74 Å². The van der Waals surface area contributed by atoms with Gasteiger partial charge in [0.25, 0.3) is 0 Å². The maximum Gasteiger partial charge on any atom is 0.416 e. The number of carbonyl (C=O) groups is 1. The van der Waals surface area contributed by atoms with E-state index in [2.05, 4.69) is 5.10 Å². The lowest BCUT2D eigenvalue weighted by Gasteiger charge is -2.08. The van der Waals surface area contributed by atoms with E-state index in [1.54, 1.807) is 0 Å². The molecule has 1 aromatic carbocycles. The van der Waals surface area contributed by atoms with Crippen molar-refractivity contribution in [2.75, 3.05) is 20.3 Å². The summed E-state index contributed by atoms with van der Waals surface area (Å²) in [5.74, 6) is -0.655. The van der Waals surface area contributed by atoms with Gasteiger partial charge in [-0.15, -0.1) is 0 Å². The molecule has 1 heterocycles. The molecule has 0 saturated heterocycles. The van der Waals surface area contributed by atoms with Crippen LogP contribution in [0.5, 0.6) is 5.75 Å². The van der Waals surface area contributed by atoms with E-state index < -0.39 is 17.7 Å².